The zero-order valence-electron chi connectivity index (χ0n) is 10.8. The van der Waals surface area contributed by atoms with Crippen molar-refractivity contribution in [3.63, 3.8) is 0 Å². The molecule has 1 heterocycles. The van der Waals surface area contributed by atoms with Crippen molar-refractivity contribution in [1.29, 1.82) is 0 Å². The lowest BCUT2D eigenvalue weighted by Crippen LogP contribution is -2.53. The van der Waals surface area contributed by atoms with E-state index in [9.17, 15) is 9.59 Å². The van der Waals surface area contributed by atoms with Crippen LogP contribution in [0.5, 0.6) is 0 Å². The second-order valence-electron chi connectivity index (χ2n) is 4.38. The molecule has 7 heteroatoms. The van der Waals surface area contributed by atoms with Crippen molar-refractivity contribution >= 4 is 12.2 Å². The molecule has 1 aliphatic carbocycles. The largest absolute Gasteiger partial charge is 0.527 e. The highest BCUT2D eigenvalue weighted by Crippen LogP contribution is 2.33. The zero-order valence-corrected chi connectivity index (χ0v) is 10.8. The third-order valence-corrected chi connectivity index (χ3v) is 3.24. The van der Waals surface area contributed by atoms with Gasteiger partial charge in [-0.1, -0.05) is 24.3 Å². The molecule has 1 fully saturated rings. The molecule has 0 aromatic rings. The van der Waals surface area contributed by atoms with Gasteiger partial charge < -0.3 is 19.6 Å². The number of hydrogen-bond acceptors (Lipinski definition) is 6. The van der Waals surface area contributed by atoms with Gasteiger partial charge in [0.1, 0.15) is 0 Å². The summed E-state index contributed by atoms with van der Waals surface area (Å²) in [6.07, 6.45) is 6.26. The van der Waals surface area contributed by atoms with E-state index in [-0.39, 0.29) is 5.92 Å². The Kier molecular flexibility index (Phi) is 3.75. The highest BCUT2D eigenvalue weighted by atomic mass is 16.8. The average molecular weight is 268 g/mol. The molecule has 0 spiro atoms. The first-order valence-electron chi connectivity index (χ1n) is 5.82. The lowest BCUT2D eigenvalue weighted by molar-refractivity contribution is -0.111. The van der Waals surface area contributed by atoms with Crippen LogP contribution in [0.2, 0.25) is 0 Å². The second-order valence-corrected chi connectivity index (χ2v) is 4.38. The summed E-state index contributed by atoms with van der Waals surface area (Å²) in [7, 11) is 2.55. The van der Waals surface area contributed by atoms with Gasteiger partial charge in [-0.15, -0.1) is 5.06 Å². The van der Waals surface area contributed by atoms with Crippen molar-refractivity contribution in [2.24, 2.45) is 5.92 Å². The van der Waals surface area contributed by atoms with E-state index in [0.29, 0.717) is 13.1 Å². The van der Waals surface area contributed by atoms with Crippen LogP contribution in [0.4, 0.5) is 9.59 Å². The second kappa shape index (κ2) is 5.31. The molecule has 0 radical (unpaired) electrons. The molecular weight excluding hydrogens is 252 g/mol. The number of ether oxygens (including phenoxy) is 2. The van der Waals surface area contributed by atoms with Crippen molar-refractivity contribution < 1.29 is 23.9 Å². The number of nitrogens with one attached hydrogen (secondary N) is 1. The summed E-state index contributed by atoms with van der Waals surface area (Å²) in [4.78, 5) is 27.6. The van der Waals surface area contributed by atoms with Gasteiger partial charge in [0.05, 0.1) is 26.3 Å². The van der Waals surface area contributed by atoms with Crippen LogP contribution in [0.15, 0.2) is 24.3 Å². The molecule has 1 amide bonds. The number of alkyl carbamates (subject to hydrolysis) is 1. The Labute approximate surface area is 110 Å². The fourth-order valence-electron chi connectivity index (χ4n) is 2.32. The Balaban J connectivity index is 2.11. The Hall–Kier alpha value is -2.02. The fourth-order valence-corrected chi connectivity index (χ4v) is 2.32. The van der Waals surface area contributed by atoms with Gasteiger partial charge in [-0.2, -0.15) is 0 Å². The van der Waals surface area contributed by atoms with Crippen molar-refractivity contribution in [3.8, 4) is 0 Å². The van der Waals surface area contributed by atoms with Gasteiger partial charge >= 0.3 is 12.2 Å². The predicted octanol–water partition coefficient (Wildman–Crippen LogP) is 0.837. The number of fused-ring (bicyclic) bond motifs is 1. The number of carbonyl (C=O) groups excluding carboxylic acids is 2. The van der Waals surface area contributed by atoms with Gasteiger partial charge in [-0.25, -0.2) is 9.59 Å². The molecule has 0 bridgehead atoms. The van der Waals surface area contributed by atoms with Gasteiger partial charge in [0, 0.05) is 12.5 Å². The minimum absolute atomic E-state index is 0.00116. The Morgan fingerprint density at radius 1 is 1.32 bits per heavy atom. The van der Waals surface area contributed by atoms with E-state index < -0.39 is 17.8 Å². The minimum Gasteiger partial charge on any atom is -0.453 e. The number of hydroxylamine groups is 2. The third-order valence-electron chi connectivity index (χ3n) is 3.24. The highest BCUT2D eigenvalue weighted by Gasteiger charge is 2.47. The maximum atomic E-state index is 11.5. The van der Waals surface area contributed by atoms with Crippen LogP contribution in [-0.2, 0) is 14.3 Å². The molecule has 104 valence electrons. The van der Waals surface area contributed by atoms with E-state index in [1.54, 1.807) is 0 Å². The topological polar surface area (TPSA) is 77.1 Å². The number of rotatable bonds is 2. The summed E-state index contributed by atoms with van der Waals surface area (Å²) in [6.45, 7) is 0.808. The lowest BCUT2D eigenvalue weighted by Gasteiger charge is -2.31. The summed E-state index contributed by atoms with van der Waals surface area (Å²) >= 11 is 0. The first kappa shape index (κ1) is 13.4. The van der Waals surface area contributed by atoms with E-state index in [1.165, 1.54) is 19.3 Å². The van der Waals surface area contributed by atoms with Crippen molar-refractivity contribution in [3.05, 3.63) is 24.3 Å². The standard InChI is InChI=1S/C12H16N2O5/c1-17-10(15)13-12-6-4-3-5-9(12)7-14(8-12)19-11(16)18-2/h3-6,9H,7-8H2,1-2H3,(H,13,15)/t9-,12-/m0/s1. The number of allylic oxidation sites excluding steroid dienone is 2. The first-order chi connectivity index (χ1) is 9.09. The summed E-state index contributed by atoms with van der Waals surface area (Å²) in [5.41, 5.74) is -0.629. The monoisotopic (exact) mass is 268 g/mol. The number of nitrogens with zero attached hydrogens (tertiary/aromatic N) is 1. The molecular formula is C12H16N2O5. The Morgan fingerprint density at radius 2 is 2.11 bits per heavy atom. The summed E-state index contributed by atoms with van der Waals surface area (Å²) in [5, 5.41) is 4.26. The molecule has 1 aliphatic heterocycles. The quantitative estimate of drug-likeness (QED) is 0.748. The van der Waals surface area contributed by atoms with Crippen molar-refractivity contribution in [2.75, 3.05) is 27.3 Å². The van der Waals surface area contributed by atoms with Crippen molar-refractivity contribution in [2.45, 2.75) is 5.54 Å². The first-order valence-corrected chi connectivity index (χ1v) is 5.82. The van der Waals surface area contributed by atoms with E-state index in [4.69, 9.17) is 4.84 Å². The molecule has 19 heavy (non-hydrogen) atoms. The third kappa shape index (κ3) is 2.70. The molecule has 7 nitrogen and oxygen atoms in total. The fraction of sp³-hybridized carbons (Fsp3) is 0.500. The van der Waals surface area contributed by atoms with Crippen LogP contribution < -0.4 is 5.32 Å². The van der Waals surface area contributed by atoms with Gasteiger partial charge in [-0.3, -0.25) is 0 Å². The smallest absolute Gasteiger partial charge is 0.453 e. The van der Waals surface area contributed by atoms with Crippen LogP contribution in [0.1, 0.15) is 0 Å². The SMILES string of the molecule is COC(=O)N[C@]12C=CC=C[C@H]1CN(OC(=O)OC)C2. The average Bonchev–Trinajstić information content (AvgIpc) is 2.75. The molecule has 0 saturated carbocycles. The summed E-state index contributed by atoms with van der Waals surface area (Å²) in [5.74, 6) is 0.00116. The normalized spacial score (nSPS) is 28.6. The number of carbonyl (C=O) groups is 2. The predicted molar refractivity (Wildman–Crippen MR) is 65.1 cm³/mol. The lowest BCUT2D eigenvalue weighted by atomic mass is 9.84. The van der Waals surface area contributed by atoms with Crippen LogP contribution >= 0.6 is 0 Å². The maximum Gasteiger partial charge on any atom is 0.527 e. The van der Waals surface area contributed by atoms with Crippen LogP contribution in [0.3, 0.4) is 0 Å². The zero-order chi connectivity index (χ0) is 13.9. The molecule has 1 N–H and O–H groups in total. The summed E-state index contributed by atoms with van der Waals surface area (Å²) < 4.78 is 9.08. The molecule has 0 aromatic carbocycles. The van der Waals surface area contributed by atoms with Gasteiger partial charge in [-0.05, 0) is 0 Å². The minimum atomic E-state index is -0.778. The molecule has 2 rings (SSSR count). The Bertz CT molecular complexity index is 434. The van der Waals surface area contributed by atoms with Crippen LogP contribution in [0.25, 0.3) is 0 Å². The van der Waals surface area contributed by atoms with Gasteiger partial charge in [0.25, 0.3) is 0 Å². The molecule has 2 aliphatic rings. The van der Waals surface area contributed by atoms with E-state index in [2.05, 4.69) is 14.8 Å². The number of methoxy groups -OCH3 is 2. The molecule has 2 atom stereocenters. The molecule has 1 saturated heterocycles. The maximum absolute atomic E-state index is 11.5. The molecule has 0 aromatic heterocycles. The Morgan fingerprint density at radius 3 is 2.79 bits per heavy atom. The number of hydrogen-bond donors (Lipinski definition) is 1. The van der Waals surface area contributed by atoms with Gasteiger partial charge in [0.15, 0.2) is 0 Å². The van der Waals surface area contributed by atoms with E-state index >= 15 is 0 Å². The van der Waals surface area contributed by atoms with Crippen LogP contribution in [-0.4, -0.2) is 50.2 Å². The van der Waals surface area contributed by atoms with E-state index in [0.717, 1.165) is 0 Å². The van der Waals surface area contributed by atoms with E-state index in [1.807, 2.05) is 24.3 Å². The van der Waals surface area contributed by atoms with Crippen LogP contribution in [0, 0.1) is 5.92 Å². The van der Waals surface area contributed by atoms with Crippen molar-refractivity contribution in [1.82, 2.24) is 10.4 Å². The summed E-state index contributed by atoms with van der Waals surface area (Å²) in [6, 6.07) is 0. The highest BCUT2D eigenvalue weighted by molar-refractivity contribution is 5.69. The molecule has 0 unspecified atom stereocenters. The van der Waals surface area contributed by atoms with Gasteiger partial charge in [0.2, 0.25) is 0 Å². The number of amides is 1.